The van der Waals surface area contributed by atoms with Crippen LogP contribution in [-0.4, -0.2) is 56.4 Å². The van der Waals surface area contributed by atoms with Crippen LogP contribution < -0.4 is 20.7 Å². The Morgan fingerprint density at radius 1 is 1.07 bits per heavy atom. The summed E-state index contributed by atoms with van der Waals surface area (Å²) >= 11 is 1.32. The third-order valence-electron chi connectivity index (χ3n) is 6.03. The van der Waals surface area contributed by atoms with Gasteiger partial charge in [0.25, 0.3) is 0 Å². The molecule has 4 rings (SSSR count). The van der Waals surface area contributed by atoms with Crippen LogP contribution in [0, 0.1) is 0 Å². The number of hydrogen-bond acceptors (Lipinski definition) is 9. The molecule has 3 aromatic rings. The van der Waals surface area contributed by atoms with Crippen molar-refractivity contribution in [3.05, 3.63) is 48.7 Å². The number of thiazole rings is 1. The molecule has 1 saturated heterocycles. The van der Waals surface area contributed by atoms with Crippen molar-refractivity contribution in [3.8, 4) is 21.0 Å². The van der Waals surface area contributed by atoms with Crippen molar-refractivity contribution in [2.24, 2.45) is 0 Å². The molecule has 4 N–H and O–H groups in total. The highest BCUT2D eigenvalue weighted by atomic mass is 32.2. The number of ether oxygens (including phenoxy) is 2. The second-order valence-electron chi connectivity index (χ2n) is 11.3. The topological polar surface area (TPSA) is 148 Å². The van der Waals surface area contributed by atoms with E-state index in [1.807, 2.05) is 12.1 Å². The van der Waals surface area contributed by atoms with Crippen LogP contribution in [0.4, 0.5) is 21.0 Å². The van der Waals surface area contributed by atoms with Gasteiger partial charge >= 0.3 is 12.2 Å². The Morgan fingerprint density at radius 2 is 1.76 bits per heavy atom. The van der Waals surface area contributed by atoms with E-state index in [0.29, 0.717) is 26.8 Å². The molecule has 1 aromatic heterocycles. The van der Waals surface area contributed by atoms with Gasteiger partial charge in [0.15, 0.2) is 0 Å². The van der Waals surface area contributed by atoms with Gasteiger partial charge in [-0.1, -0.05) is 6.07 Å². The molecule has 2 aromatic carbocycles. The zero-order chi connectivity index (χ0) is 30.5. The summed E-state index contributed by atoms with van der Waals surface area (Å²) in [6, 6.07) is 11.9. The highest BCUT2D eigenvalue weighted by molar-refractivity contribution is 7.89. The van der Waals surface area contributed by atoms with Crippen molar-refractivity contribution in [2.45, 2.75) is 70.0 Å². The molecule has 1 aliphatic heterocycles. The van der Waals surface area contributed by atoms with Crippen molar-refractivity contribution >= 4 is 44.9 Å². The van der Waals surface area contributed by atoms with Gasteiger partial charge in [0.1, 0.15) is 11.6 Å². The number of carbonyl (C=O) groups excluding carboxylic acids is 2. The number of rotatable bonds is 9. The summed E-state index contributed by atoms with van der Waals surface area (Å²) in [5, 5.41) is 9.25. The molecule has 0 saturated carbocycles. The number of nitrogens with one attached hydrogen (secondary N) is 4. The minimum absolute atomic E-state index is 0.00565. The van der Waals surface area contributed by atoms with Gasteiger partial charge in [-0.3, -0.25) is 10.6 Å². The first-order valence-electron chi connectivity index (χ1n) is 13.7. The van der Waals surface area contributed by atoms with E-state index in [-0.39, 0.29) is 23.6 Å². The van der Waals surface area contributed by atoms with E-state index in [9.17, 15) is 18.0 Å². The molecule has 2 amide bonds. The van der Waals surface area contributed by atoms with E-state index in [2.05, 4.69) is 25.7 Å². The molecular formula is C29H37N5O6S2. The van der Waals surface area contributed by atoms with Gasteiger partial charge in [0.2, 0.25) is 10.0 Å². The Morgan fingerprint density at radius 3 is 2.40 bits per heavy atom. The molecule has 0 spiro atoms. The lowest BCUT2D eigenvalue weighted by molar-refractivity contribution is 0.130. The van der Waals surface area contributed by atoms with Gasteiger partial charge in [0, 0.05) is 40.3 Å². The standard InChI is InChI=1S/C29H37N5O6S2/c1-18(2)40-28(36)32-20-10-8-19(9-11-20)26-31-16-24(41-26)23-13-12-21(15-25(23)42(37,38)34-29(3,4)5)33-27(35)39-17-22-7-6-14-30-22/h8-13,15-16,18,22,30,34H,6-7,14,17H2,1-5H3,(H,32,36)(H,33,35)/t22-/m1/s1. The first-order chi connectivity index (χ1) is 19.8. The molecule has 13 heteroatoms. The van der Waals surface area contributed by atoms with Crippen molar-refractivity contribution < 1.29 is 27.5 Å². The summed E-state index contributed by atoms with van der Waals surface area (Å²) in [5.74, 6) is 0. The maximum atomic E-state index is 13.5. The number of hydrogen-bond donors (Lipinski definition) is 4. The maximum absolute atomic E-state index is 13.5. The maximum Gasteiger partial charge on any atom is 0.411 e. The average Bonchev–Trinajstić information content (AvgIpc) is 3.59. The van der Waals surface area contributed by atoms with E-state index in [4.69, 9.17) is 9.47 Å². The monoisotopic (exact) mass is 615 g/mol. The van der Waals surface area contributed by atoms with Gasteiger partial charge in [0.05, 0.1) is 15.9 Å². The van der Waals surface area contributed by atoms with Crippen LogP contribution in [0.3, 0.4) is 0 Å². The highest BCUT2D eigenvalue weighted by Gasteiger charge is 2.27. The number of amides is 2. The third kappa shape index (κ3) is 8.74. The van der Waals surface area contributed by atoms with Crippen molar-refractivity contribution in [3.63, 3.8) is 0 Å². The summed E-state index contributed by atoms with van der Waals surface area (Å²) in [6.45, 7) is 9.95. The van der Waals surface area contributed by atoms with Crippen molar-refractivity contribution in [1.82, 2.24) is 15.0 Å². The van der Waals surface area contributed by atoms with E-state index >= 15 is 0 Å². The Bertz CT molecular complexity index is 1510. The predicted octanol–water partition coefficient (Wildman–Crippen LogP) is 5.81. The minimum Gasteiger partial charge on any atom is -0.448 e. The van der Waals surface area contributed by atoms with Crippen LogP contribution >= 0.6 is 11.3 Å². The zero-order valence-corrected chi connectivity index (χ0v) is 25.9. The number of nitrogens with zero attached hydrogens (tertiary/aromatic N) is 1. The van der Waals surface area contributed by atoms with E-state index in [0.717, 1.165) is 24.9 Å². The summed E-state index contributed by atoms with van der Waals surface area (Å²) in [7, 11) is -3.99. The largest absolute Gasteiger partial charge is 0.448 e. The zero-order valence-electron chi connectivity index (χ0n) is 24.3. The first kappa shape index (κ1) is 31.4. The van der Waals surface area contributed by atoms with Crippen LogP contribution in [0.2, 0.25) is 0 Å². The smallest absolute Gasteiger partial charge is 0.411 e. The molecule has 0 unspecified atom stereocenters. The van der Waals surface area contributed by atoms with Crippen LogP contribution in [0.15, 0.2) is 53.6 Å². The highest BCUT2D eigenvalue weighted by Crippen LogP contribution is 2.37. The molecule has 226 valence electrons. The lowest BCUT2D eigenvalue weighted by Gasteiger charge is -2.22. The fraction of sp³-hybridized carbons (Fsp3) is 0.414. The molecule has 1 fully saturated rings. The van der Waals surface area contributed by atoms with Gasteiger partial charge in [-0.05, 0) is 90.4 Å². The Hall–Kier alpha value is -3.52. The van der Waals surface area contributed by atoms with E-state index < -0.39 is 27.7 Å². The Labute approximate surface area is 250 Å². The van der Waals surface area contributed by atoms with Gasteiger partial charge < -0.3 is 14.8 Å². The van der Waals surface area contributed by atoms with Crippen LogP contribution in [0.5, 0.6) is 0 Å². The summed E-state index contributed by atoms with van der Waals surface area (Å²) in [4.78, 5) is 29.5. The van der Waals surface area contributed by atoms with E-state index in [1.54, 1.807) is 65.1 Å². The van der Waals surface area contributed by atoms with Gasteiger partial charge in [-0.25, -0.2) is 27.7 Å². The summed E-state index contributed by atoms with van der Waals surface area (Å²) in [6.07, 6.45) is 2.17. The fourth-order valence-electron chi connectivity index (χ4n) is 4.30. The molecule has 1 atom stereocenters. The van der Waals surface area contributed by atoms with Crippen LogP contribution in [0.1, 0.15) is 47.5 Å². The number of sulfonamides is 1. The fourth-order valence-corrected chi connectivity index (χ4v) is 6.99. The van der Waals surface area contributed by atoms with Gasteiger partial charge in [-0.2, -0.15) is 0 Å². The number of anilines is 2. The summed E-state index contributed by atoms with van der Waals surface area (Å²) < 4.78 is 40.2. The average molecular weight is 616 g/mol. The third-order valence-corrected chi connectivity index (χ3v) is 8.91. The molecule has 0 bridgehead atoms. The summed E-state index contributed by atoms with van der Waals surface area (Å²) in [5.41, 5.74) is 1.37. The first-order valence-corrected chi connectivity index (χ1v) is 16.0. The second-order valence-corrected chi connectivity index (χ2v) is 14.0. The number of benzene rings is 2. The SMILES string of the molecule is CC(C)OC(=O)Nc1ccc(-c2ncc(-c3ccc(NC(=O)OC[C@H]4CCCN4)cc3S(=O)(=O)NC(C)(C)C)s2)cc1. The lowest BCUT2D eigenvalue weighted by atomic mass is 10.1. The molecule has 11 nitrogen and oxygen atoms in total. The molecule has 0 radical (unpaired) electrons. The van der Waals surface area contributed by atoms with Crippen LogP contribution in [0.25, 0.3) is 21.0 Å². The molecule has 2 heterocycles. The van der Waals surface area contributed by atoms with E-state index in [1.165, 1.54) is 17.4 Å². The normalized spacial score (nSPS) is 15.4. The Balaban J connectivity index is 1.57. The molecular weight excluding hydrogens is 578 g/mol. The predicted molar refractivity (Wildman–Crippen MR) is 164 cm³/mol. The number of carbonyl (C=O) groups is 2. The van der Waals surface area contributed by atoms with Gasteiger partial charge in [-0.15, -0.1) is 11.3 Å². The molecule has 42 heavy (non-hydrogen) atoms. The minimum atomic E-state index is -3.99. The van der Waals surface area contributed by atoms with Crippen LogP contribution in [-0.2, 0) is 19.5 Å². The quantitative estimate of drug-likeness (QED) is 0.236. The van der Waals surface area contributed by atoms with Crippen molar-refractivity contribution in [2.75, 3.05) is 23.8 Å². The molecule has 1 aliphatic rings. The Kier molecular flexibility index (Phi) is 9.87. The number of aromatic nitrogens is 1. The second kappa shape index (κ2) is 13.2. The lowest BCUT2D eigenvalue weighted by Crippen LogP contribution is -2.40. The van der Waals surface area contributed by atoms with Crippen molar-refractivity contribution in [1.29, 1.82) is 0 Å². The molecule has 0 aliphatic carbocycles.